The summed E-state index contributed by atoms with van der Waals surface area (Å²) in [6, 6.07) is 22.2. The van der Waals surface area contributed by atoms with E-state index >= 15 is 8.78 Å². The van der Waals surface area contributed by atoms with Crippen molar-refractivity contribution in [2.75, 3.05) is 0 Å². The number of benzene rings is 6. The Labute approximate surface area is 187 Å². The van der Waals surface area contributed by atoms with Crippen LogP contribution in [-0.2, 0) is 0 Å². The summed E-state index contributed by atoms with van der Waals surface area (Å²) in [5, 5.41) is 7.98. The van der Waals surface area contributed by atoms with Crippen LogP contribution in [-0.4, -0.2) is 0 Å². The van der Waals surface area contributed by atoms with Crippen LogP contribution in [0.15, 0.2) is 81.7 Å². The minimum absolute atomic E-state index is 0.309. The largest absolute Gasteiger partial charge is 0.206 e. The molecular weight excluding hydrogens is 510 g/mol. The minimum Gasteiger partial charge on any atom is -0.206 e. The van der Waals surface area contributed by atoms with E-state index in [9.17, 15) is 0 Å². The molecule has 6 aromatic carbocycles. The number of hydrogen-bond donors (Lipinski definition) is 0. The molecule has 0 N–H and O–H groups in total. The molecule has 0 aromatic heterocycles. The van der Waals surface area contributed by atoms with E-state index in [1.165, 1.54) is 6.07 Å². The van der Waals surface area contributed by atoms with Gasteiger partial charge < -0.3 is 0 Å². The molecule has 6 aromatic rings. The molecule has 0 unspecified atom stereocenters. The second-order valence-corrected chi connectivity index (χ2v) is 9.14. The lowest BCUT2D eigenvalue weighted by molar-refractivity contribution is 0.639. The van der Waals surface area contributed by atoms with Crippen molar-refractivity contribution in [3.05, 3.63) is 93.4 Å². The zero-order valence-corrected chi connectivity index (χ0v) is 18.6. The van der Waals surface area contributed by atoms with Gasteiger partial charge in [-0.25, -0.2) is 8.78 Å². The van der Waals surface area contributed by atoms with Gasteiger partial charge in [0.15, 0.2) is 0 Å². The van der Waals surface area contributed by atoms with Crippen LogP contribution in [0.4, 0.5) is 8.78 Å². The van der Waals surface area contributed by atoms with Crippen LogP contribution in [0.25, 0.3) is 53.9 Å². The average Bonchev–Trinajstić information content (AvgIpc) is 2.76. The van der Waals surface area contributed by atoms with Gasteiger partial charge in [-0.3, -0.25) is 0 Å². The number of fused-ring (bicyclic) bond motifs is 10. The summed E-state index contributed by atoms with van der Waals surface area (Å²) in [5.74, 6) is -0.632. The van der Waals surface area contributed by atoms with Gasteiger partial charge in [-0.2, -0.15) is 0 Å². The Bertz CT molecular complexity index is 1560. The van der Waals surface area contributed by atoms with E-state index in [1.54, 1.807) is 18.2 Å². The van der Waals surface area contributed by atoms with Crippen molar-refractivity contribution in [3.63, 3.8) is 0 Å². The molecule has 0 saturated heterocycles. The summed E-state index contributed by atoms with van der Waals surface area (Å²) in [7, 11) is 0. The normalized spacial score (nSPS) is 12.0. The maximum atomic E-state index is 15.2. The van der Waals surface area contributed by atoms with Gasteiger partial charge in [0.05, 0.1) is 0 Å². The monoisotopic (exact) mass is 520 g/mol. The highest BCUT2D eigenvalue weighted by molar-refractivity contribution is 9.11. The van der Waals surface area contributed by atoms with E-state index in [1.807, 2.05) is 48.5 Å². The zero-order chi connectivity index (χ0) is 20.6. The molecule has 0 aliphatic carbocycles. The Morgan fingerprint density at radius 3 is 1.70 bits per heavy atom. The van der Waals surface area contributed by atoms with Crippen LogP contribution in [0.3, 0.4) is 0 Å². The van der Waals surface area contributed by atoms with Gasteiger partial charge in [0.25, 0.3) is 0 Å². The molecule has 0 radical (unpaired) electrons. The first-order valence-corrected chi connectivity index (χ1v) is 11.1. The van der Waals surface area contributed by atoms with Gasteiger partial charge in [0, 0.05) is 25.1 Å². The molecule has 4 heteroatoms. The fourth-order valence-electron chi connectivity index (χ4n) is 4.67. The molecule has 0 aliphatic rings. The maximum Gasteiger partial charge on any atom is 0.131 e. The Kier molecular flexibility index (Phi) is 3.93. The van der Waals surface area contributed by atoms with Gasteiger partial charge in [-0.15, -0.1) is 0 Å². The quantitative estimate of drug-likeness (QED) is 0.175. The predicted molar refractivity (Wildman–Crippen MR) is 129 cm³/mol. The molecule has 0 heterocycles. The molecule has 30 heavy (non-hydrogen) atoms. The van der Waals surface area contributed by atoms with Crippen LogP contribution in [0, 0.1) is 11.6 Å². The lowest BCUT2D eigenvalue weighted by Gasteiger charge is -2.17. The van der Waals surface area contributed by atoms with Crippen LogP contribution in [0.2, 0.25) is 0 Å². The second-order valence-electron chi connectivity index (χ2n) is 7.43. The second kappa shape index (κ2) is 6.47. The first-order chi connectivity index (χ1) is 14.6. The number of hydrogen-bond acceptors (Lipinski definition) is 0. The molecule has 144 valence electrons. The van der Waals surface area contributed by atoms with Crippen molar-refractivity contribution in [2.24, 2.45) is 0 Å². The van der Waals surface area contributed by atoms with Crippen molar-refractivity contribution < 1.29 is 8.78 Å². The first-order valence-electron chi connectivity index (χ1n) is 9.48. The third-order valence-electron chi connectivity index (χ3n) is 5.88. The molecule has 0 fully saturated rings. The van der Waals surface area contributed by atoms with Crippen LogP contribution >= 0.6 is 31.9 Å². The van der Waals surface area contributed by atoms with Crippen LogP contribution < -0.4 is 0 Å². The molecule has 0 bridgehead atoms. The maximum absolute atomic E-state index is 15.2. The molecule has 0 aliphatic heterocycles. The number of halogens is 4. The average molecular weight is 522 g/mol. The summed E-state index contributed by atoms with van der Waals surface area (Å²) < 4.78 is 32.0. The van der Waals surface area contributed by atoms with E-state index in [0.29, 0.717) is 21.5 Å². The molecule has 0 spiro atoms. The molecule has 0 nitrogen and oxygen atoms in total. The van der Waals surface area contributed by atoms with Gasteiger partial charge in [-0.05, 0) is 62.0 Å². The standard InChI is InChI=1S/C26H12Br2F2/c27-19-9-10-21(29)26-17-11-20(28)13-5-1-3-7-15(13)23(17)24-16-8-4-2-6-14(16)22(30)12-18(24)25(19)26/h1-12H. The lowest BCUT2D eigenvalue weighted by Crippen LogP contribution is -1.92. The van der Waals surface area contributed by atoms with E-state index in [4.69, 9.17) is 0 Å². The SMILES string of the molecule is Fc1cc2c3c(Br)ccc(F)c3c3cc(Br)c4ccccc4c3c2c2ccccc12. The Hall–Kier alpha value is -2.56. The van der Waals surface area contributed by atoms with E-state index in [-0.39, 0.29) is 11.6 Å². The fourth-order valence-corrected chi connectivity index (χ4v) is 5.79. The van der Waals surface area contributed by atoms with Gasteiger partial charge in [-0.1, -0.05) is 80.4 Å². The van der Waals surface area contributed by atoms with E-state index < -0.39 is 0 Å². The minimum atomic E-state index is -0.323. The van der Waals surface area contributed by atoms with E-state index in [2.05, 4.69) is 31.9 Å². The highest BCUT2D eigenvalue weighted by Gasteiger charge is 2.20. The Morgan fingerprint density at radius 2 is 1.00 bits per heavy atom. The van der Waals surface area contributed by atoms with Crippen molar-refractivity contribution in [1.82, 2.24) is 0 Å². The molecule has 0 saturated carbocycles. The molecule has 0 atom stereocenters. The fraction of sp³-hybridized carbons (Fsp3) is 0. The summed E-state index contributed by atoms with van der Waals surface area (Å²) in [4.78, 5) is 0. The van der Waals surface area contributed by atoms with Crippen molar-refractivity contribution in [3.8, 4) is 0 Å². The topological polar surface area (TPSA) is 0 Å². The van der Waals surface area contributed by atoms with Crippen molar-refractivity contribution in [1.29, 1.82) is 0 Å². The number of rotatable bonds is 0. The summed E-state index contributed by atoms with van der Waals surface area (Å²) in [6.07, 6.45) is 0. The van der Waals surface area contributed by atoms with Gasteiger partial charge in [0.1, 0.15) is 11.6 Å². The molecular formula is C26H12Br2F2. The first kappa shape index (κ1) is 18.2. The Balaban J connectivity index is 2.13. The lowest BCUT2D eigenvalue weighted by atomic mass is 9.88. The third kappa shape index (κ3) is 2.35. The van der Waals surface area contributed by atoms with E-state index in [0.717, 1.165) is 41.3 Å². The zero-order valence-electron chi connectivity index (χ0n) is 15.4. The third-order valence-corrected chi connectivity index (χ3v) is 7.20. The van der Waals surface area contributed by atoms with Crippen molar-refractivity contribution in [2.45, 2.75) is 0 Å². The van der Waals surface area contributed by atoms with Crippen LogP contribution in [0.1, 0.15) is 0 Å². The van der Waals surface area contributed by atoms with Crippen molar-refractivity contribution >= 4 is 85.7 Å². The Morgan fingerprint density at radius 1 is 0.433 bits per heavy atom. The smallest absolute Gasteiger partial charge is 0.131 e. The summed E-state index contributed by atoms with van der Waals surface area (Å²) in [5.41, 5.74) is 0. The molecule has 6 rings (SSSR count). The predicted octanol–water partition coefficient (Wildman–Crippen LogP) is 9.26. The highest BCUT2D eigenvalue weighted by Crippen LogP contribution is 2.46. The van der Waals surface area contributed by atoms with Gasteiger partial charge in [0.2, 0.25) is 0 Å². The molecule has 0 amide bonds. The van der Waals surface area contributed by atoms with Crippen LogP contribution in [0.5, 0.6) is 0 Å². The summed E-state index contributed by atoms with van der Waals surface area (Å²) in [6.45, 7) is 0. The summed E-state index contributed by atoms with van der Waals surface area (Å²) >= 11 is 7.27. The highest BCUT2D eigenvalue weighted by atomic mass is 79.9. The van der Waals surface area contributed by atoms with Gasteiger partial charge >= 0.3 is 0 Å².